The summed E-state index contributed by atoms with van der Waals surface area (Å²) in [5.41, 5.74) is 4.75. The van der Waals surface area contributed by atoms with E-state index in [0.29, 0.717) is 51.4 Å². The van der Waals surface area contributed by atoms with Crippen LogP contribution in [0.15, 0.2) is 65.7 Å². The Morgan fingerprint density at radius 2 is 1.45 bits per heavy atom. The standard InChI is InChI=1S/C52H85N3O18P2/c1-3-5-7-8-9-10-11-12-13-14-15-16-17-18-19-20-26-30-48(60)71-40-36-68-47(59)29-25-22-21-24-28-42-44(58)35-43(57)41(32-31-39(56)27-23-6-4-2)49(61)50(62)45(38-70-75(66,67)73-74(64,65)69-37-40)72-51(42)55-34-33-46(53)54-52(55)63/h12-13,15-16,18-19,31-34,39-43,45,49-51,56-57,61-62H,3-11,14,17,20-30,35-38H2,1-2H3,(H,64,65)(H,66,67)(H2,53,54,63)/b13-12-,16-15-,19-18-,32-31+/t39-,40+,41-,42-,43+,45+,49-,50+,51+/m0/s1. The zero-order valence-electron chi connectivity index (χ0n) is 43.8. The van der Waals surface area contributed by atoms with Crippen LogP contribution >= 0.6 is 15.6 Å². The molecule has 0 saturated carbocycles. The van der Waals surface area contributed by atoms with Gasteiger partial charge in [0.1, 0.15) is 36.6 Å². The van der Waals surface area contributed by atoms with Gasteiger partial charge in [0, 0.05) is 31.4 Å². The number of nitrogens with two attached hydrogens (primary N) is 1. The van der Waals surface area contributed by atoms with Gasteiger partial charge in [0.05, 0.1) is 37.4 Å². The number of aliphatic hydroxyl groups excluding tert-OH is 4. The lowest BCUT2D eigenvalue weighted by Crippen LogP contribution is -2.51. The summed E-state index contributed by atoms with van der Waals surface area (Å²) in [4.78, 5) is 78.5. The second-order valence-corrected chi connectivity index (χ2v) is 22.2. The quantitative estimate of drug-likeness (QED) is 0.0237. The van der Waals surface area contributed by atoms with Crippen molar-refractivity contribution in [3.05, 3.63) is 71.4 Å². The summed E-state index contributed by atoms with van der Waals surface area (Å²) in [5, 5.41) is 45.6. The molecule has 75 heavy (non-hydrogen) atoms. The number of carbonyl (C=O) groups excluding carboxylic acids is 3. The number of carbonyl (C=O) groups is 3. The number of cyclic esters (lactones) is 1. The van der Waals surface area contributed by atoms with Crippen molar-refractivity contribution < 1.29 is 81.3 Å². The number of nitrogens with zero attached hydrogens (tertiary/aromatic N) is 2. The molecular weight excluding hydrogens is 1020 g/mol. The van der Waals surface area contributed by atoms with E-state index in [-0.39, 0.29) is 25.1 Å². The van der Waals surface area contributed by atoms with Crippen LogP contribution in [-0.4, -0.2) is 114 Å². The molecule has 2 bridgehead atoms. The Hall–Kier alpha value is -3.69. The number of hydrogen-bond acceptors (Lipinski definition) is 18. The van der Waals surface area contributed by atoms with Gasteiger partial charge in [-0.05, 0) is 63.9 Å². The van der Waals surface area contributed by atoms with Crippen LogP contribution in [0.1, 0.15) is 168 Å². The topological polar surface area (TPSA) is 323 Å². The van der Waals surface area contributed by atoms with Gasteiger partial charge in [-0.3, -0.25) is 28.0 Å². The van der Waals surface area contributed by atoms with Crippen LogP contribution in [0.2, 0.25) is 0 Å². The highest BCUT2D eigenvalue weighted by Crippen LogP contribution is 2.60. The highest BCUT2D eigenvalue weighted by Gasteiger charge is 2.45. The number of phosphoric ester groups is 2. The summed E-state index contributed by atoms with van der Waals surface area (Å²) in [6.07, 6.45) is 18.8. The molecule has 21 nitrogen and oxygen atoms in total. The number of fused-ring (bicyclic) bond motifs is 3. The van der Waals surface area contributed by atoms with E-state index in [1.807, 2.05) is 19.1 Å². The lowest BCUT2D eigenvalue weighted by molar-refractivity contribution is -0.184. The van der Waals surface area contributed by atoms with Gasteiger partial charge < -0.3 is 50.2 Å². The highest BCUT2D eigenvalue weighted by molar-refractivity contribution is 7.61. The van der Waals surface area contributed by atoms with E-state index in [2.05, 4.69) is 40.5 Å². The van der Waals surface area contributed by atoms with Crippen LogP contribution in [0.25, 0.3) is 0 Å². The fraction of sp³-hybridized carbons (Fsp3) is 0.712. The van der Waals surface area contributed by atoms with Crippen LogP contribution in [0.5, 0.6) is 0 Å². The fourth-order valence-corrected chi connectivity index (χ4v) is 10.6. The van der Waals surface area contributed by atoms with Crippen molar-refractivity contribution in [1.29, 1.82) is 0 Å². The molecule has 3 heterocycles. The maximum Gasteiger partial charge on any atom is 0.481 e. The molecule has 426 valence electrons. The SMILES string of the molecule is CCCCCCCC/C=C\C/C=C\C/C=C\CCCC(=O)O[C@@H]1COC(=O)CCCCCC[C@H]2C(=O)C[C@@H](O)[C@H](/C=C/[C@@H](O)CCCCC)[C@H](O)[C@H](O)[C@@H](COP(=O)(O)OP(=O)(O)OC1)O[C@H]2n1ccc(N)nc1=O. The number of anilines is 1. The first-order chi connectivity index (χ1) is 35.9. The monoisotopic (exact) mass is 1100 g/mol. The van der Waals surface area contributed by atoms with Gasteiger partial charge in [-0.25, -0.2) is 13.9 Å². The van der Waals surface area contributed by atoms with E-state index in [1.165, 1.54) is 56.7 Å². The first-order valence-corrected chi connectivity index (χ1v) is 29.7. The Labute approximate surface area is 441 Å². The molecule has 11 atom stereocenters. The molecular formula is C52H85N3O18P2. The first-order valence-electron chi connectivity index (χ1n) is 26.8. The Balaban J connectivity index is 1.78. The van der Waals surface area contributed by atoms with Crippen molar-refractivity contribution in [2.45, 2.75) is 204 Å². The molecule has 0 spiro atoms. The number of hydrogen-bond donors (Lipinski definition) is 7. The van der Waals surface area contributed by atoms with E-state index in [4.69, 9.17) is 29.0 Å². The number of esters is 2. The number of rotatable bonds is 23. The number of Topliss-reactive ketones (excluding diaryl/α,β-unsaturated/α-hetero) is 1. The molecule has 2 unspecified atom stereocenters. The molecule has 1 aromatic rings. The third-order valence-corrected chi connectivity index (χ3v) is 15.4. The van der Waals surface area contributed by atoms with Gasteiger partial charge >= 0.3 is 33.3 Å². The number of ketones is 1. The first kappa shape index (κ1) is 65.6. The van der Waals surface area contributed by atoms with E-state index in [1.54, 1.807) is 0 Å². The molecule has 23 heteroatoms. The van der Waals surface area contributed by atoms with E-state index in [9.17, 15) is 58.5 Å². The normalized spacial score (nSPS) is 29.2. The Kier molecular flexibility index (Phi) is 31.8. The predicted molar refractivity (Wildman–Crippen MR) is 280 cm³/mol. The lowest BCUT2D eigenvalue weighted by Gasteiger charge is -2.38. The van der Waals surface area contributed by atoms with Gasteiger partial charge in [0.2, 0.25) is 0 Å². The highest BCUT2D eigenvalue weighted by atomic mass is 31.3. The molecule has 1 aromatic heterocycles. The minimum Gasteiger partial charge on any atom is -0.462 e. The van der Waals surface area contributed by atoms with E-state index >= 15 is 0 Å². The minimum absolute atomic E-state index is 0.00878. The van der Waals surface area contributed by atoms with Crippen molar-refractivity contribution in [3.8, 4) is 0 Å². The number of allylic oxidation sites excluding steroid dienone is 6. The van der Waals surface area contributed by atoms with Crippen LogP contribution in [-0.2, 0) is 51.1 Å². The van der Waals surface area contributed by atoms with Crippen LogP contribution in [0, 0.1) is 11.8 Å². The van der Waals surface area contributed by atoms with Gasteiger partial charge in [-0.15, -0.1) is 0 Å². The summed E-state index contributed by atoms with van der Waals surface area (Å²) in [5.74, 6) is -5.02. The number of unbranched alkanes of at least 4 members (excludes halogenated alkanes) is 9. The summed E-state index contributed by atoms with van der Waals surface area (Å²) < 4.78 is 59.0. The zero-order chi connectivity index (χ0) is 55.1. The summed E-state index contributed by atoms with van der Waals surface area (Å²) in [7, 11) is -11.3. The largest absolute Gasteiger partial charge is 0.481 e. The number of aromatic nitrogens is 2. The molecule has 0 amide bonds. The minimum atomic E-state index is -5.73. The molecule has 0 radical (unpaired) electrons. The summed E-state index contributed by atoms with van der Waals surface area (Å²) in [6, 6.07) is 1.23. The molecule has 2 aliphatic rings. The number of ether oxygens (including phenoxy) is 3. The molecule has 0 aromatic carbocycles. The van der Waals surface area contributed by atoms with Crippen LogP contribution < -0.4 is 11.4 Å². The van der Waals surface area contributed by atoms with Gasteiger partial charge in [-0.2, -0.15) is 9.29 Å². The maximum atomic E-state index is 14.3. The Morgan fingerprint density at radius 3 is 2.15 bits per heavy atom. The van der Waals surface area contributed by atoms with Crippen LogP contribution in [0.3, 0.4) is 0 Å². The molecule has 0 aliphatic carbocycles. The van der Waals surface area contributed by atoms with Crippen LogP contribution in [0.4, 0.5) is 5.82 Å². The third kappa shape index (κ3) is 27.0. The zero-order valence-corrected chi connectivity index (χ0v) is 45.6. The summed E-state index contributed by atoms with van der Waals surface area (Å²) in [6.45, 7) is 1.42. The molecule has 2 fully saturated rings. The van der Waals surface area contributed by atoms with Crippen molar-refractivity contribution in [1.82, 2.24) is 9.55 Å². The lowest BCUT2D eigenvalue weighted by atomic mass is 9.83. The fourth-order valence-electron chi connectivity index (χ4n) is 8.51. The summed E-state index contributed by atoms with van der Waals surface area (Å²) >= 11 is 0. The van der Waals surface area contributed by atoms with Gasteiger partial charge in [0.25, 0.3) is 0 Å². The molecule has 2 saturated heterocycles. The average Bonchev–Trinajstić information content (AvgIpc) is 3.35. The third-order valence-electron chi connectivity index (χ3n) is 12.8. The second-order valence-electron chi connectivity index (χ2n) is 19.2. The van der Waals surface area contributed by atoms with E-state index < -0.39 is 120 Å². The van der Waals surface area contributed by atoms with Gasteiger partial charge in [-0.1, -0.05) is 133 Å². The molecule has 8 N–H and O–H groups in total. The second kappa shape index (κ2) is 36.4. The smallest absolute Gasteiger partial charge is 0.462 e. The average molecular weight is 1100 g/mol. The van der Waals surface area contributed by atoms with Crippen molar-refractivity contribution in [2.75, 3.05) is 25.6 Å². The number of nitrogen functional groups attached to an aromatic ring is 1. The molecule has 3 rings (SSSR count). The maximum absolute atomic E-state index is 14.3. The number of phosphoric acid groups is 2. The van der Waals surface area contributed by atoms with Crippen molar-refractivity contribution in [3.63, 3.8) is 0 Å². The Morgan fingerprint density at radius 1 is 0.827 bits per heavy atom. The Bertz CT molecular complexity index is 2120. The predicted octanol–water partition coefficient (Wildman–Crippen LogP) is 7.92. The van der Waals surface area contributed by atoms with Gasteiger partial charge in [0.15, 0.2) is 6.10 Å². The van der Waals surface area contributed by atoms with Crippen molar-refractivity contribution >= 4 is 39.2 Å². The number of aliphatic hydroxyl groups is 4. The van der Waals surface area contributed by atoms with E-state index in [0.717, 1.165) is 42.9 Å². The molecule has 2 aliphatic heterocycles. The van der Waals surface area contributed by atoms with Crippen molar-refractivity contribution in [2.24, 2.45) is 11.8 Å².